The summed E-state index contributed by atoms with van der Waals surface area (Å²) in [7, 11) is 0. The molecule has 1 aromatic rings. The first-order chi connectivity index (χ1) is 7.77. The van der Waals surface area contributed by atoms with Crippen LogP contribution in [0.1, 0.15) is 45.1 Å². The van der Waals surface area contributed by atoms with Gasteiger partial charge < -0.3 is 4.74 Å². The van der Waals surface area contributed by atoms with Crippen LogP contribution in [0.2, 0.25) is 0 Å². The first kappa shape index (κ1) is 12.8. The van der Waals surface area contributed by atoms with Gasteiger partial charge in [0.1, 0.15) is 5.75 Å². The second-order valence-electron chi connectivity index (χ2n) is 4.17. The van der Waals surface area contributed by atoms with Crippen LogP contribution in [0.15, 0.2) is 30.8 Å². The molecule has 0 fully saturated rings. The van der Waals surface area contributed by atoms with E-state index < -0.39 is 0 Å². The predicted molar refractivity (Wildman–Crippen MR) is 70.8 cm³/mol. The summed E-state index contributed by atoms with van der Waals surface area (Å²) in [6.45, 7) is 8.15. The molecule has 16 heavy (non-hydrogen) atoms. The molecule has 1 aromatic carbocycles. The van der Waals surface area contributed by atoms with Gasteiger partial charge in [-0.15, -0.1) is 0 Å². The van der Waals surface area contributed by atoms with Crippen LogP contribution < -0.4 is 4.74 Å². The number of hydrogen-bond acceptors (Lipinski definition) is 1. The zero-order valence-corrected chi connectivity index (χ0v) is 10.4. The second-order valence-corrected chi connectivity index (χ2v) is 4.17. The van der Waals surface area contributed by atoms with E-state index in [0.29, 0.717) is 0 Å². The highest BCUT2D eigenvalue weighted by Gasteiger charge is 2.05. The molecule has 0 bridgehead atoms. The summed E-state index contributed by atoms with van der Waals surface area (Å²) in [5, 5.41) is 0. The van der Waals surface area contributed by atoms with Crippen LogP contribution in [0, 0.1) is 0 Å². The van der Waals surface area contributed by atoms with Gasteiger partial charge in [-0.25, -0.2) is 0 Å². The van der Waals surface area contributed by atoms with E-state index in [0.717, 1.165) is 17.7 Å². The lowest BCUT2D eigenvalue weighted by atomic mass is 10.1. The molecular formula is C15H22O. The Kier molecular flexibility index (Phi) is 5.69. The molecule has 1 atom stereocenters. The van der Waals surface area contributed by atoms with E-state index in [4.69, 9.17) is 4.74 Å². The van der Waals surface area contributed by atoms with Crippen molar-refractivity contribution in [2.45, 2.75) is 45.6 Å². The number of ether oxygens (including phenoxy) is 1. The van der Waals surface area contributed by atoms with Gasteiger partial charge in [0, 0.05) is 5.56 Å². The van der Waals surface area contributed by atoms with Gasteiger partial charge in [-0.05, 0) is 25.8 Å². The van der Waals surface area contributed by atoms with E-state index in [-0.39, 0.29) is 6.10 Å². The van der Waals surface area contributed by atoms with Crippen molar-refractivity contribution in [1.82, 2.24) is 0 Å². The smallest absolute Gasteiger partial charge is 0.126 e. The van der Waals surface area contributed by atoms with E-state index in [1.165, 1.54) is 19.3 Å². The Balaban J connectivity index is 2.48. The summed E-state index contributed by atoms with van der Waals surface area (Å²) in [6, 6.07) is 8.04. The number of para-hydroxylation sites is 1. The summed E-state index contributed by atoms with van der Waals surface area (Å²) in [6.07, 6.45) is 7.04. The maximum atomic E-state index is 5.91. The molecule has 0 heterocycles. The number of rotatable bonds is 7. The van der Waals surface area contributed by atoms with Crippen LogP contribution in [-0.4, -0.2) is 6.10 Å². The van der Waals surface area contributed by atoms with Crippen molar-refractivity contribution in [3.63, 3.8) is 0 Å². The largest absolute Gasteiger partial charge is 0.490 e. The van der Waals surface area contributed by atoms with E-state index in [1.807, 2.05) is 30.3 Å². The molecule has 0 radical (unpaired) electrons. The fourth-order valence-electron chi connectivity index (χ4n) is 1.71. The van der Waals surface area contributed by atoms with E-state index in [1.54, 1.807) is 0 Å². The maximum absolute atomic E-state index is 5.91. The third kappa shape index (κ3) is 4.09. The highest BCUT2D eigenvalue weighted by atomic mass is 16.5. The Hall–Kier alpha value is -1.24. The SMILES string of the molecule is C=Cc1ccccc1OC(C)CCCCC. The van der Waals surface area contributed by atoms with Gasteiger partial charge in [-0.2, -0.15) is 0 Å². The van der Waals surface area contributed by atoms with Crippen molar-refractivity contribution in [3.8, 4) is 5.75 Å². The maximum Gasteiger partial charge on any atom is 0.126 e. The van der Waals surface area contributed by atoms with Gasteiger partial charge in [0.05, 0.1) is 6.10 Å². The number of benzene rings is 1. The van der Waals surface area contributed by atoms with E-state index in [2.05, 4.69) is 20.4 Å². The van der Waals surface area contributed by atoms with Crippen molar-refractivity contribution in [3.05, 3.63) is 36.4 Å². The topological polar surface area (TPSA) is 9.23 Å². The average molecular weight is 218 g/mol. The first-order valence-electron chi connectivity index (χ1n) is 6.16. The molecule has 0 saturated heterocycles. The lowest BCUT2D eigenvalue weighted by Crippen LogP contribution is -2.12. The fraction of sp³-hybridized carbons (Fsp3) is 0.467. The molecule has 0 N–H and O–H groups in total. The molecule has 0 aliphatic carbocycles. The monoisotopic (exact) mass is 218 g/mol. The normalized spacial score (nSPS) is 12.1. The summed E-state index contributed by atoms with van der Waals surface area (Å²) < 4.78 is 5.91. The lowest BCUT2D eigenvalue weighted by molar-refractivity contribution is 0.206. The summed E-state index contributed by atoms with van der Waals surface area (Å²) >= 11 is 0. The lowest BCUT2D eigenvalue weighted by Gasteiger charge is -2.16. The van der Waals surface area contributed by atoms with Crippen LogP contribution in [-0.2, 0) is 0 Å². The van der Waals surface area contributed by atoms with Crippen molar-refractivity contribution >= 4 is 6.08 Å². The van der Waals surface area contributed by atoms with Crippen molar-refractivity contribution in [2.75, 3.05) is 0 Å². The zero-order chi connectivity index (χ0) is 11.8. The zero-order valence-electron chi connectivity index (χ0n) is 10.4. The Labute approximate surface area is 99.1 Å². The minimum Gasteiger partial charge on any atom is -0.490 e. The molecular weight excluding hydrogens is 196 g/mol. The van der Waals surface area contributed by atoms with Gasteiger partial charge in [-0.3, -0.25) is 0 Å². The van der Waals surface area contributed by atoms with E-state index >= 15 is 0 Å². The molecule has 1 heteroatoms. The first-order valence-corrected chi connectivity index (χ1v) is 6.16. The molecule has 0 aliphatic heterocycles. The van der Waals surface area contributed by atoms with Crippen molar-refractivity contribution < 1.29 is 4.74 Å². The summed E-state index contributed by atoms with van der Waals surface area (Å²) in [4.78, 5) is 0. The highest BCUT2D eigenvalue weighted by molar-refractivity contribution is 5.55. The quantitative estimate of drug-likeness (QED) is 0.604. The second kappa shape index (κ2) is 7.10. The highest BCUT2D eigenvalue weighted by Crippen LogP contribution is 2.21. The predicted octanol–water partition coefficient (Wildman–Crippen LogP) is 4.68. The standard InChI is InChI=1S/C15H22O/c1-4-6-7-10-13(3)16-15-12-9-8-11-14(15)5-2/h5,8-9,11-13H,2,4,6-7,10H2,1,3H3. The Morgan fingerprint density at radius 1 is 1.31 bits per heavy atom. The third-order valence-electron chi connectivity index (χ3n) is 2.68. The van der Waals surface area contributed by atoms with Crippen LogP contribution in [0.25, 0.3) is 6.08 Å². The van der Waals surface area contributed by atoms with Crippen LogP contribution in [0.4, 0.5) is 0 Å². The molecule has 1 unspecified atom stereocenters. The fourth-order valence-corrected chi connectivity index (χ4v) is 1.71. The van der Waals surface area contributed by atoms with Crippen molar-refractivity contribution in [1.29, 1.82) is 0 Å². The Bertz CT molecular complexity index is 317. The molecule has 0 aromatic heterocycles. The molecule has 0 aliphatic rings. The van der Waals surface area contributed by atoms with Gasteiger partial charge >= 0.3 is 0 Å². The molecule has 0 spiro atoms. The van der Waals surface area contributed by atoms with E-state index in [9.17, 15) is 0 Å². The summed E-state index contributed by atoms with van der Waals surface area (Å²) in [5.41, 5.74) is 1.07. The molecule has 1 rings (SSSR count). The molecule has 0 amide bonds. The summed E-state index contributed by atoms with van der Waals surface area (Å²) in [5.74, 6) is 0.946. The average Bonchev–Trinajstić information content (AvgIpc) is 2.30. The molecule has 88 valence electrons. The van der Waals surface area contributed by atoms with Gasteiger partial charge in [0.25, 0.3) is 0 Å². The van der Waals surface area contributed by atoms with Crippen LogP contribution >= 0.6 is 0 Å². The molecule has 1 nitrogen and oxygen atoms in total. The number of hydrogen-bond donors (Lipinski definition) is 0. The minimum absolute atomic E-state index is 0.285. The van der Waals surface area contributed by atoms with Crippen LogP contribution in [0.3, 0.4) is 0 Å². The van der Waals surface area contributed by atoms with Crippen molar-refractivity contribution in [2.24, 2.45) is 0 Å². The van der Waals surface area contributed by atoms with Gasteiger partial charge in [-0.1, -0.05) is 50.6 Å². The Morgan fingerprint density at radius 2 is 2.06 bits per heavy atom. The van der Waals surface area contributed by atoms with Gasteiger partial charge in [0.15, 0.2) is 0 Å². The van der Waals surface area contributed by atoms with Gasteiger partial charge in [0.2, 0.25) is 0 Å². The number of unbranched alkanes of at least 4 members (excludes halogenated alkanes) is 2. The Morgan fingerprint density at radius 3 is 2.75 bits per heavy atom. The molecule has 0 saturated carbocycles. The minimum atomic E-state index is 0.285. The van der Waals surface area contributed by atoms with Crippen LogP contribution in [0.5, 0.6) is 5.75 Å². The third-order valence-corrected chi connectivity index (χ3v) is 2.68.